The molecule has 2 rings (SSSR count). The molecule has 0 aromatic carbocycles. The predicted octanol–water partition coefficient (Wildman–Crippen LogP) is 1.32. The molecular weight excluding hydrogens is 256 g/mol. The van der Waals surface area contributed by atoms with Crippen LogP contribution >= 0.6 is 0 Å². The smallest absolute Gasteiger partial charge is 0.245 e. The highest BCUT2D eigenvalue weighted by Crippen LogP contribution is 2.49. The third kappa shape index (κ3) is 2.97. The average molecular weight is 282 g/mol. The minimum Gasteiger partial charge on any atom is -0.385 e. The van der Waals surface area contributed by atoms with Crippen molar-refractivity contribution < 1.29 is 14.3 Å². The summed E-state index contributed by atoms with van der Waals surface area (Å²) < 4.78 is 5.17. The van der Waals surface area contributed by atoms with Gasteiger partial charge in [0.25, 0.3) is 0 Å². The van der Waals surface area contributed by atoms with Gasteiger partial charge in [-0.15, -0.1) is 0 Å². The van der Waals surface area contributed by atoms with Crippen LogP contribution in [0, 0.1) is 5.41 Å². The first-order chi connectivity index (χ1) is 9.56. The molecule has 20 heavy (non-hydrogen) atoms. The van der Waals surface area contributed by atoms with Crippen LogP contribution < -0.4 is 5.32 Å². The molecule has 2 aliphatic rings. The number of piperazine rings is 1. The third-order valence-electron chi connectivity index (χ3n) is 4.67. The van der Waals surface area contributed by atoms with Crippen molar-refractivity contribution in [1.29, 1.82) is 0 Å². The molecule has 1 aliphatic heterocycles. The quantitative estimate of drug-likeness (QED) is 0.766. The summed E-state index contributed by atoms with van der Waals surface area (Å²) in [5.41, 5.74) is 0.189. The van der Waals surface area contributed by atoms with Gasteiger partial charge in [-0.25, -0.2) is 0 Å². The Morgan fingerprint density at radius 1 is 1.30 bits per heavy atom. The van der Waals surface area contributed by atoms with Crippen molar-refractivity contribution >= 4 is 11.8 Å². The number of ether oxygens (including phenoxy) is 1. The van der Waals surface area contributed by atoms with Gasteiger partial charge in [0.05, 0.1) is 0 Å². The van der Waals surface area contributed by atoms with E-state index < -0.39 is 0 Å². The fourth-order valence-electron chi connectivity index (χ4n) is 3.04. The van der Waals surface area contributed by atoms with Crippen molar-refractivity contribution in [3.63, 3.8) is 0 Å². The van der Waals surface area contributed by atoms with Crippen LogP contribution in [0.15, 0.2) is 0 Å². The fraction of sp³-hybridized carbons (Fsp3) is 0.867. The molecule has 0 aromatic heterocycles. The molecule has 2 unspecified atom stereocenters. The minimum atomic E-state index is -0.344. The first-order valence-electron chi connectivity index (χ1n) is 7.66. The van der Waals surface area contributed by atoms with E-state index in [0.29, 0.717) is 19.4 Å². The van der Waals surface area contributed by atoms with Crippen molar-refractivity contribution in [3.8, 4) is 0 Å². The van der Waals surface area contributed by atoms with E-state index in [4.69, 9.17) is 4.74 Å². The van der Waals surface area contributed by atoms with Gasteiger partial charge in [-0.05, 0) is 37.5 Å². The molecule has 5 nitrogen and oxygen atoms in total. The van der Waals surface area contributed by atoms with Crippen molar-refractivity contribution in [3.05, 3.63) is 0 Å². The van der Waals surface area contributed by atoms with Crippen LogP contribution in [0.1, 0.15) is 46.0 Å². The van der Waals surface area contributed by atoms with Gasteiger partial charge in [-0.3, -0.25) is 9.59 Å². The summed E-state index contributed by atoms with van der Waals surface area (Å²) >= 11 is 0. The normalized spacial score (nSPS) is 28.4. The number of hydrogen-bond donors (Lipinski definition) is 1. The summed E-state index contributed by atoms with van der Waals surface area (Å²) in [5, 5.41) is 2.84. The van der Waals surface area contributed by atoms with Crippen LogP contribution in [0.2, 0.25) is 0 Å². The monoisotopic (exact) mass is 282 g/mol. The Balaban J connectivity index is 2.09. The average Bonchev–Trinajstić information content (AvgIpc) is 3.20. The molecule has 0 spiro atoms. The number of nitrogens with zero attached hydrogens (tertiary/aromatic N) is 1. The number of methoxy groups -OCH3 is 1. The number of amides is 2. The predicted molar refractivity (Wildman–Crippen MR) is 76.2 cm³/mol. The molecule has 1 heterocycles. The number of nitrogens with one attached hydrogen (secondary N) is 1. The van der Waals surface area contributed by atoms with Crippen LogP contribution in [-0.2, 0) is 14.3 Å². The van der Waals surface area contributed by atoms with Crippen molar-refractivity contribution in [2.24, 2.45) is 5.41 Å². The van der Waals surface area contributed by atoms with E-state index in [1.165, 1.54) is 0 Å². The van der Waals surface area contributed by atoms with E-state index in [9.17, 15) is 9.59 Å². The molecular formula is C15H26N2O3. The first kappa shape index (κ1) is 15.3. The van der Waals surface area contributed by atoms with Gasteiger partial charge in [0.1, 0.15) is 12.1 Å². The second kappa shape index (κ2) is 6.12. The van der Waals surface area contributed by atoms with E-state index in [2.05, 4.69) is 5.32 Å². The van der Waals surface area contributed by atoms with Gasteiger partial charge in [-0.2, -0.15) is 0 Å². The van der Waals surface area contributed by atoms with E-state index in [1.54, 1.807) is 7.11 Å². The molecule has 0 radical (unpaired) electrons. The summed E-state index contributed by atoms with van der Waals surface area (Å²) in [6, 6.07) is -0.645. The largest absolute Gasteiger partial charge is 0.385 e. The molecule has 2 amide bonds. The highest BCUT2D eigenvalue weighted by Gasteiger charge is 2.48. The Kier molecular flexibility index (Phi) is 4.68. The van der Waals surface area contributed by atoms with Gasteiger partial charge in [0.15, 0.2) is 0 Å². The van der Waals surface area contributed by atoms with E-state index >= 15 is 0 Å². The molecule has 1 aliphatic carbocycles. The van der Waals surface area contributed by atoms with E-state index in [1.807, 2.05) is 18.7 Å². The second-order valence-electron chi connectivity index (χ2n) is 6.10. The molecule has 2 fully saturated rings. The molecule has 5 heteroatoms. The lowest BCUT2D eigenvalue weighted by Gasteiger charge is -2.40. The van der Waals surface area contributed by atoms with Crippen molar-refractivity contribution in [1.82, 2.24) is 10.2 Å². The number of carbonyl (C=O) groups excluding carboxylic acids is 2. The summed E-state index contributed by atoms with van der Waals surface area (Å²) in [4.78, 5) is 26.5. The Morgan fingerprint density at radius 3 is 2.50 bits per heavy atom. The van der Waals surface area contributed by atoms with Gasteiger partial charge in [0.2, 0.25) is 11.8 Å². The van der Waals surface area contributed by atoms with Crippen LogP contribution in [0.25, 0.3) is 0 Å². The summed E-state index contributed by atoms with van der Waals surface area (Å²) in [6.07, 6.45) is 4.57. The highest BCUT2D eigenvalue weighted by molar-refractivity contribution is 5.96. The van der Waals surface area contributed by atoms with Gasteiger partial charge >= 0.3 is 0 Å². The van der Waals surface area contributed by atoms with Gasteiger partial charge in [-0.1, -0.05) is 13.8 Å². The van der Waals surface area contributed by atoms with Crippen molar-refractivity contribution in [2.45, 2.75) is 58.0 Å². The molecule has 1 saturated carbocycles. The summed E-state index contributed by atoms with van der Waals surface area (Å²) in [6.45, 7) is 5.33. The Morgan fingerprint density at radius 2 is 2.00 bits per heavy atom. The number of hydrogen-bond acceptors (Lipinski definition) is 3. The second-order valence-corrected chi connectivity index (χ2v) is 6.10. The Hall–Kier alpha value is -1.10. The van der Waals surface area contributed by atoms with Gasteiger partial charge in [0, 0.05) is 20.3 Å². The van der Waals surface area contributed by atoms with E-state index in [-0.39, 0.29) is 29.3 Å². The van der Waals surface area contributed by atoms with Crippen LogP contribution in [0.4, 0.5) is 0 Å². The summed E-state index contributed by atoms with van der Waals surface area (Å²) in [7, 11) is 1.71. The standard InChI is InChI=1S/C15H26N2O3/c1-4-11-14(19)17(12(5-2)13(18)16-11)10-15(6-7-15)8-9-20-3/h11-12H,4-10H2,1-3H3,(H,16,18). The maximum atomic E-state index is 12.5. The van der Waals surface area contributed by atoms with Gasteiger partial charge < -0.3 is 15.0 Å². The molecule has 0 bridgehead atoms. The molecule has 114 valence electrons. The summed E-state index contributed by atoms with van der Waals surface area (Å²) in [5.74, 6) is 0.0872. The van der Waals surface area contributed by atoms with Crippen LogP contribution in [0.5, 0.6) is 0 Å². The zero-order valence-electron chi connectivity index (χ0n) is 12.8. The molecule has 2 atom stereocenters. The lowest BCUT2D eigenvalue weighted by molar-refractivity contribution is -0.150. The lowest BCUT2D eigenvalue weighted by atomic mass is 9.97. The zero-order valence-corrected chi connectivity index (χ0v) is 12.8. The molecule has 1 saturated heterocycles. The fourth-order valence-corrected chi connectivity index (χ4v) is 3.04. The van der Waals surface area contributed by atoms with E-state index in [0.717, 1.165) is 25.9 Å². The SMILES string of the molecule is CCC1NC(=O)C(CC)N(CC2(CCOC)CC2)C1=O. The highest BCUT2D eigenvalue weighted by atomic mass is 16.5. The minimum absolute atomic E-state index is 0.00138. The van der Waals surface area contributed by atoms with Crippen LogP contribution in [0.3, 0.4) is 0 Å². The maximum absolute atomic E-state index is 12.5. The number of rotatable bonds is 7. The third-order valence-corrected chi connectivity index (χ3v) is 4.67. The topological polar surface area (TPSA) is 58.6 Å². The molecule has 0 aromatic rings. The first-order valence-corrected chi connectivity index (χ1v) is 7.66. The van der Waals surface area contributed by atoms with Crippen LogP contribution in [-0.4, -0.2) is 49.1 Å². The Bertz CT molecular complexity index is 379. The lowest BCUT2D eigenvalue weighted by Crippen LogP contribution is -2.63. The van der Waals surface area contributed by atoms with Crippen molar-refractivity contribution in [2.75, 3.05) is 20.3 Å². The zero-order chi connectivity index (χ0) is 14.8. The maximum Gasteiger partial charge on any atom is 0.245 e. The molecule has 1 N–H and O–H groups in total. The number of carbonyl (C=O) groups is 2. The Labute approximate surface area is 121 Å².